The molecule has 0 spiro atoms. The topological polar surface area (TPSA) is 75.7 Å². The van der Waals surface area contributed by atoms with Crippen LogP contribution in [0.3, 0.4) is 0 Å². The molecule has 1 aliphatic rings. The lowest BCUT2D eigenvalue weighted by Crippen LogP contribution is -2.38. The molecule has 35 heavy (non-hydrogen) atoms. The van der Waals surface area contributed by atoms with E-state index in [1.165, 1.54) is 16.9 Å². The zero-order chi connectivity index (χ0) is 24.7. The second-order valence-corrected chi connectivity index (χ2v) is 12.2. The molecule has 0 radical (unpaired) electrons. The van der Waals surface area contributed by atoms with E-state index in [1.54, 1.807) is 47.8 Å². The number of thiophene rings is 1. The summed E-state index contributed by atoms with van der Waals surface area (Å²) >= 11 is 1.22. The second-order valence-electron chi connectivity index (χ2n) is 8.86. The Morgan fingerprint density at radius 2 is 1.83 bits per heavy atom. The van der Waals surface area contributed by atoms with Crippen LogP contribution in [0.4, 0.5) is 0 Å². The Kier molecular flexibility index (Phi) is 8.59. The molecule has 6 nitrogen and oxygen atoms in total. The highest BCUT2D eigenvalue weighted by Gasteiger charge is 2.30. The van der Waals surface area contributed by atoms with Crippen molar-refractivity contribution in [2.24, 2.45) is 5.92 Å². The first-order valence-electron chi connectivity index (χ1n) is 12.0. The van der Waals surface area contributed by atoms with E-state index in [0.29, 0.717) is 34.5 Å². The van der Waals surface area contributed by atoms with Crippen LogP contribution in [0.2, 0.25) is 0 Å². The maximum Gasteiger partial charge on any atom is 0.252 e. The summed E-state index contributed by atoms with van der Waals surface area (Å²) in [7, 11) is -1.95. The van der Waals surface area contributed by atoms with Gasteiger partial charge in [-0.1, -0.05) is 42.8 Å². The van der Waals surface area contributed by atoms with Gasteiger partial charge in [0.05, 0.1) is 13.7 Å². The maximum absolute atomic E-state index is 13.2. The van der Waals surface area contributed by atoms with Gasteiger partial charge in [0.25, 0.3) is 15.9 Å². The second kappa shape index (κ2) is 11.8. The summed E-state index contributed by atoms with van der Waals surface area (Å²) in [6.07, 6.45) is 5.16. The van der Waals surface area contributed by atoms with E-state index < -0.39 is 10.0 Å². The minimum Gasteiger partial charge on any atom is -0.497 e. The molecule has 1 amide bonds. The standard InChI is InChI=1S/C27H32N2O4S2/c1-33-24-12-6-11-23(19-24)27(30)28-20-25-13-14-26(34-25)35(31,32)29-17-15-22(16-18-29)10-5-9-21-7-3-2-4-8-21/h2-4,6-8,11-14,19,22H,5,9-10,15-18,20H2,1H3,(H,28,30). The summed E-state index contributed by atoms with van der Waals surface area (Å²) in [6.45, 7) is 1.41. The number of nitrogens with zero attached hydrogens (tertiary/aromatic N) is 1. The van der Waals surface area contributed by atoms with Crippen molar-refractivity contribution < 1.29 is 17.9 Å². The smallest absolute Gasteiger partial charge is 0.252 e. The summed E-state index contributed by atoms with van der Waals surface area (Å²) in [5.41, 5.74) is 1.86. The number of ether oxygens (including phenoxy) is 1. The van der Waals surface area contributed by atoms with Crippen molar-refractivity contribution in [3.63, 3.8) is 0 Å². The molecule has 8 heteroatoms. The predicted molar refractivity (Wildman–Crippen MR) is 139 cm³/mol. The number of carbonyl (C=O) groups is 1. The quantitative estimate of drug-likeness (QED) is 0.410. The van der Waals surface area contributed by atoms with Crippen LogP contribution in [0.5, 0.6) is 5.75 Å². The summed E-state index contributed by atoms with van der Waals surface area (Å²) in [5, 5.41) is 2.86. The van der Waals surface area contributed by atoms with E-state index in [9.17, 15) is 13.2 Å². The molecule has 3 aromatic rings. The van der Waals surface area contributed by atoms with E-state index in [0.717, 1.165) is 37.0 Å². The minimum absolute atomic E-state index is 0.226. The van der Waals surface area contributed by atoms with Crippen molar-refractivity contribution in [2.45, 2.75) is 42.9 Å². The molecular weight excluding hydrogens is 480 g/mol. The largest absolute Gasteiger partial charge is 0.497 e. The number of amides is 1. The molecule has 1 fully saturated rings. The highest BCUT2D eigenvalue weighted by molar-refractivity contribution is 7.91. The molecular formula is C27H32N2O4S2. The number of methoxy groups -OCH3 is 1. The molecule has 0 atom stereocenters. The average molecular weight is 513 g/mol. The number of nitrogens with one attached hydrogen (secondary N) is 1. The Morgan fingerprint density at radius 3 is 2.57 bits per heavy atom. The van der Waals surface area contributed by atoms with Gasteiger partial charge in [-0.3, -0.25) is 4.79 Å². The van der Waals surface area contributed by atoms with Crippen LogP contribution in [0, 0.1) is 5.92 Å². The molecule has 4 rings (SSSR count). The highest BCUT2D eigenvalue weighted by Crippen LogP contribution is 2.30. The van der Waals surface area contributed by atoms with Gasteiger partial charge in [0.2, 0.25) is 0 Å². The lowest BCUT2D eigenvalue weighted by molar-refractivity contribution is 0.0951. The third-order valence-electron chi connectivity index (χ3n) is 6.48. The molecule has 1 aliphatic heterocycles. The Bertz CT molecular complexity index is 1220. The fraction of sp³-hybridized carbons (Fsp3) is 0.370. The van der Waals surface area contributed by atoms with Gasteiger partial charge >= 0.3 is 0 Å². The molecule has 0 unspecified atom stereocenters. The Hall–Kier alpha value is -2.68. The monoisotopic (exact) mass is 512 g/mol. The first-order chi connectivity index (χ1) is 17.0. The van der Waals surface area contributed by atoms with Crippen LogP contribution < -0.4 is 10.1 Å². The van der Waals surface area contributed by atoms with E-state index >= 15 is 0 Å². The van der Waals surface area contributed by atoms with Crippen molar-refractivity contribution in [3.8, 4) is 5.75 Å². The lowest BCUT2D eigenvalue weighted by atomic mass is 9.91. The molecule has 0 aliphatic carbocycles. The third-order valence-corrected chi connectivity index (χ3v) is 9.93. The van der Waals surface area contributed by atoms with E-state index in [4.69, 9.17) is 4.74 Å². The predicted octanol–water partition coefficient (Wildman–Crippen LogP) is 5.11. The van der Waals surface area contributed by atoms with Crippen LogP contribution in [0.1, 0.15) is 46.5 Å². The average Bonchev–Trinajstić information content (AvgIpc) is 3.38. The molecule has 2 aromatic carbocycles. The number of benzene rings is 2. The summed E-state index contributed by atoms with van der Waals surface area (Å²) in [4.78, 5) is 13.2. The van der Waals surface area contributed by atoms with Gasteiger partial charge in [-0.2, -0.15) is 4.31 Å². The maximum atomic E-state index is 13.2. The molecule has 0 bridgehead atoms. The number of carbonyl (C=O) groups excluding carboxylic acids is 1. The van der Waals surface area contributed by atoms with Crippen molar-refractivity contribution in [2.75, 3.05) is 20.2 Å². The van der Waals surface area contributed by atoms with Crippen molar-refractivity contribution in [1.29, 1.82) is 0 Å². The van der Waals surface area contributed by atoms with Gasteiger partial charge in [-0.15, -0.1) is 11.3 Å². The summed E-state index contributed by atoms with van der Waals surface area (Å²) < 4.78 is 33.5. The molecule has 2 heterocycles. The van der Waals surface area contributed by atoms with Crippen LogP contribution in [0.15, 0.2) is 70.9 Å². The number of sulfonamides is 1. The van der Waals surface area contributed by atoms with E-state index in [1.807, 2.05) is 6.07 Å². The van der Waals surface area contributed by atoms with E-state index in [2.05, 4.69) is 29.6 Å². The van der Waals surface area contributed by atoms with Crippen molar-refractivity contribution >= 4 is 27.3 Å². The Balaban J connectivity index is 1.25. The van der Waals surface area contributed by atoms with Gasteiger partial charge in [0.1, 0.15) is 9.96 Å². The Morgan fingerprint density at radius 1 is 1.06 bits per heavy atom. The van der Waals surface area contributed by atoms with Gasteiger partial charge in [-0.05, 0) is 67.5 Å². The SMILES string of the molecule is COc1cccc(C(=O)NCc2ccc(S(=O)(=O)N3CCC(CCCc4ccccc4)CC3)s2)c1. The van der Waals surface area contributed by atoms with Crippen LogP contribution in [-0.2, 0) is 23.0 Å². The number of rotatable bonds is 10. The van der Waals surface area contributed by atoms with Gasteiger partial charge in [0, 0.05) is 23.5 Å². The number of hydrogen-bond acceptors (Lipinski definition) is 5. The number of piperidine rings is 1. The Labute approximate surface area is 212 Å². The van der Waals surface area contributed by atoms with Crippen molar-refractivity contribution in [1.82, 2.24) is 9.62 Å². The van der Waals surface area contributed by atoms with Crippen molar-refractivity contribution in [3.05, 3.63) is 82.7 Å². The molecule has 186 valence electrons. The number of hydrogen-bond donors (Lipinski definition) is 1. The van der Waals surface area contributed by atoms with Gasteiger partial charge in [-0.25, -0.2) is 8.42 Å². The summed E-state index contributed by atoms with van der Waals surface area (Å²) in [5.74, 6) is 0.967. The number of aryl methyl sites for hydroxylation is 1. The molecule has 1 saturated heterocycles. The van der Waals surface area contributed by atoms with Crippen LogP contribution >= 0.6 is 11.3 Å². The molecule has 1 aromatic heterocycles. The minimum atomic E-state index is -3.51. The zero-order valence-corrected chi connectivity index (χ0v) is 21.6. The van der Waals surface area contributed by atoms with Crippen LogP contribution in [0.25, 0.3) is 0 Å². The fourth-order valence-corrected chi connectivity index (χ4v) is 7.35. The zero-order valence-electron chi connectivity index (χ0n) is 20.0. The van der Waals surface area contributed by atoms with Gasteiger partial charge in [0.15, 0.2) is 0 Å². The van der Waals surface area contributed by atoms with E-state index in [-0.39, 0.29) is 12.5 Å². The highest BCUT2D eigenvalue weighted by atomic mass is 32.2. The third kappa shape index (κ3) is 6.72. The lowest BCUT2D eigenvalue weighted by Gasteiger charge is -2.30. The molecule has 1 N–H and O–H groups in total. The first kappa shape index (κ1) is 25.4. The fourth-order valence-electron chi connectivity index (χ4n) is 4.43. The first-order valence-corrected chi connectivity index (χ1v) is 14.3. The van der Waals surface area contributed by atoms with Gasteiger partial charge < -0.3 is 10.1 Å². The molecule has 0 saturated carbocycles. The normalized spacial score (nSPS) is 15.1. The van der Waals surface area contributed by atoms with Crippen LogP contribution in [-0.4, -0.2) is 38.8 Å². The summed E-state index contributed by atoms with van der Waals surface area (Å²) in [6, 6.07) is 20.9.